The first kappa shape index (κ1) is 21.9. The molecule has 0 spiro atoms. The van der Waals surface area contributed by atoms with Gasteiger partial charge in [-0.15, -0.1) is 0 Å². The van der Waals surface area contributed by atoms with E-state index in [2.05, 4.69) is 28.2 Å². The van der Waals surface area contributed by atoms with Gasteiger partial charge in [0.25, 0.3) is 0 Å². The Morgan fingerprint density at radius 2 is 1.66 bits per heavy atom. The fourth-order valence-electron chi connectivity index (χ4n) is 4.19. The third-order valence-corrected chi connectivity index (χ3v) is 5.23. The van der Waals surface area contributed by atoms with E-state index in [0.29, 0.717) is 36.6 Å². The number of benzene rings is 1. The number of ether oxygens (including phenoxy) is 2. The normalized spacial score (nSPS) is 23.0. The number of aliphatic hydroxyl groups is 6. The molecule has 0 aromatic heterocycles. The van der Waals surface area contributed by atoms with Crippen molar-refractivity contribution in [3.05, 3.63) is 23.3 Å². The van der Waals surface area contributed by atoms with Crippen LogP contribution in [-0.2, 0) is 11.2 Å². The minimum Gasteiger partial charge on any atom is -0.413 e. The van der Waals surface area contributed by atoms with Crippen molar-refractivity contribution in [3.63, 3.8) is 0 Å². The van der Waals surface area contributed by atoms with Gasteiger partial charge in [0.05, 0.1) is 0 Å². The number of carbonyl (C=O) groups is 1. The predicted molar refractivity (Wildman–Crippen MR) is 97.1 cm³/mol. The molecule has 6 N–H and O–H groups in total. The lowest BCUT2D eigenvalue weighted by Gasteiger charge is -2.43. The predicted octanol–water partition coefficient (Wildman–Crippen LogP) is -0.845. The smallest absolute Gasteiger partial charge is 0.413 e. The zero-order chi connectivity index (χ0) is 21.6. The van der Waals surface area contributed by atoms with Gasteiger partial charge in [-0.2, -0.15) is 0 Å². The Morgan fingerprint density at radius 3 is 2.21 bits per heavy atom. The zero-order valence-corrected chi connectivity index (χ0v) is 16.3. The molecule has 10 heteroatoms. The highest BCUT2D eigenvalue weighted by atomic mass is 16.9. The highest BCUT2D eigenvalue weighted by Crippen LogP contribution is 2.43. The molecule has 29 heavy (non-hydrogen) atoms. The number of fused-ring (bicyclic) bond motifs is 3. The molecule has 2 heterocycles. The summed E-state index contributed by atoms with van der Waals surface area (Å²) in [6.07, 6.45) is -5.46. The average Bonchev–Trinajstić information content (AvgIpc) is 2.53. The lowest BCUT2D eigenvalue weighted by molar-refractivity contribution is -0.428. The Labute approximate surface area is 167 Å². The topological polar surface area (TPSA) is 160 Å². The molecule has 2 atom stereocenters. The van der Waals surface area contributed by atoms with E-state index in [-0.39, 0.29) is 24.2 Å². The second-order valence-electron chi connectivity index (χ2n) is 8.11. The minimum absolute atomic E-state index is 0.0371. The number of carbonyl (C=O) groups excluding carboxylic acids is 1. The fraction of sp³-hybridized carbons (Fsp3) is 0.632. The van der Waals surface area contributed by atoms with Gasteiger partial charge < -0.3 is 40.1 Å². The van der Waals surface area contributed by atoms with Gasteiger partial charge in [0.2, 0.25) is 0 Å². The van der Waals surface area contributed by atoms with E-state index in [4.69, 9.17) is 15.3 Å². The van der Waals surface area contributed by atoms with Crippen molar-refractivity contribution in [3.8, 4) is 11.5 Å². The number of piperidine rings is 1. The van der Waals surface area contributed by atoms with E-state index in [1.165, 1.54) is 12.1 Å². The molecule has 1 aromatic carbocycles. The summed E-state index contributed by atoms with van der Waals surface area (Å²) in [7, 11) is 0. The molecule has 162 valence electrons. The summed E-state index contributed by atoms with van der Waals surface area (Å²) in [5.41, 5.74) is 1.38. The molecule has 1 aromatic rings. The third-order valence-electron chi connectivity index (χ3n) is 5.23. The largest absolute Gasteiger partial charge is 0.453 e. The maximum atomic E-state index is 12.7. The summed E-state index contributed by atoms with van der Waals surface area (Å²) in [5, 5.41) is 54.9. The third kappa shape index (κ3) is 5.43. The lowest BCUT2D eigenvalue weighted by atomic mass is 9.80. The molecule has 2 unspecified atom stereocenters. The van der Waals surface area contributed by atoms with Crippen LogP contribution in [0.15, 0.2) is 12.1 Å². The number of rotatable bonds is 6. The van der Waals surface area contributed by atoms with Gasteiger partial charge in [-0.25, -0.2) is 0 Å². The fourth-order valence-corrected chi connectivity index (χ4v) is 4.19. The van der Waals surface area contributed by atoms with E-state index >= 15 is 0 Å². The van der Waals surface area contributed by atoms with E-state index in [1.54, 1.807) is 0 Å². The van der Waals surface area contributed by atoms with Crippen LogP contribution in [0.3, 0.4) is 0 Å². The van der Waals surface area contributed by atoms with Gasteiger partial charge >= 0.3 is 12.3 Å². The van der Waals surface area contributed by atoms with Crippen LogP contribution in [0.4, 0.5) is 0 Å². The number of ketones is 1. The summed E-state index contributed by atoms with van der Waals surface area (Å²) in [6, 6.07) is 2.41. The van der Waals surface area contributed by atoms with Gasteiger partial charge in [0.1, 0.15) is 5.78 Å². The number of hydrogen-bond donors (Lipinski definition) is 6. The monoisotopic (exact) mass is 413 g/mol. The molecule has 0 bridgehead atoms. The Morgan fingerprint density at radius 1 is 1.07 bits per heavy atom. The molecule has 1 fully saturated rings. The summed E-state index contributed by atoms with van der Waals surface area (Å²) in [4.78, 5) is 14.8. The van der Waals surface area contributed by atoms with Crippen molar-refractivity contribution in [1.29, 1.82) is 0 Å². The lowest BCUT2D eigenvalue weighted by Crippen LogP contribution is -2.46. The van der Waals surface area contributed by atoms with Gasteiger partial charge in [-0.05, 0) is 42.0 Å². The van der Waals surface area contributed by atoms with Gasteiger partial charge in [-0.3, -0.25) is 9.69 Å². The first-order valence-electron chi connectivity index (χ1n) is 9.48. The average molecular weight is 413 g/mol. The Hall–Kier alpha value is -1.79. The number of nitrogens with zero attached hydrogens (tertiary/aromatic N) is 1. The van der Waals surface area contributed by atoms with Crippen molar-refractivity contribution in [2.75, 3.05) is 13.1 Å². The molecule has 0 aliphatic carbocycles. The van der Waals surface area contributed by atoms with Crippen molar-refractivity contribution in [2.45, 2.75) is 51.5 Å². The molecule has 2 aliphatic heterocycles. The van der Waals surface area contributed by atoms with E-state index in [1.807, 2.05) is 0 Å². The van der Waals surface area contributed by atoms with Crippen LogP contribution in [0.2, 0.25) is 0 Å². The van der Waals surface area contributed by atoms with Gasteiger partial charge in [-0.1, -0.05) is 13.8 Å². The van der Waals surface area contributed by atoms with E-state index in [9.17, 15) is 20.1 Å². The second kappa shape index (κ2) is 7.80. The van der Waals surface area contributed by atoms with Crippen LogP contribution in [0, 0.1) is 11.8 Å². The molecule has 10 nitrogen and oxygen atoms in total. The Kier molecular flexibility index (Phi) is 5.89. The summed E-state index contributed by atoms with van der Waals surface area (Å²) in [6.45, 7) is 5.44. The standard InChI is InChI=1S/C19H27NO9/c1-10(2)5-12-9-20-4-3-11-6-16(28-18(22,23)24)17(29-19(25,26)27)7-13(11)14(20)8-15(12)21/h6-7,10,12,14,22-27H,3-5,8-9H2,1-2H3. The maximum Gasteiger partial charge on any atom is 0.453 e. The highest BCUT2D eigenvalue weighted by Gasteiger charge is 2.39. The summed E-state index contributed by atoms with van der Waals surface area (Å²) >= 11 is 0. The summed E-state index contributed by atoms with van der Waals surface area (Å²) in [5.74, 6) is -0.358. The van der Waals surface area contributed by atoms with Crippen molar-refractivity contribution in [2.24, 2.45) is 11.8 Å². The second-order valence-corrected chi connectivity index (χ2v) is 8.11. The molecular formula is C19H27NO9. The molecule has 1 saturated heterocycles. The maximum absolute atomic E-state index is 12.7. The number of Topliss-reactive ketones (excluding diaryl/α,β-unsaturated/α-hetero) is 1. The van der Waals surface area contributed by atoms with Crippen molar-refractivity contribution in [1.82, 2.24) is 4.90 Å². The van der Waals surface area contributed by atoms with Crippen molar-refractivity contribution < 1.29 is 44.9 Å². The van der Waals surface area contributed by atoms with E-state index < -0.39 is 23.8 Å². The molecule has 0 radical (unpaired) electrons. The van der Waals surface area contributed by atoms with Crippen LogP contribution in [0.1, 0.15) is 43.9 Å². The van der Waals surface area contributed by atoms with Crippen LogP contribution in [0.5, 0.6) is 11.5 Å². The first-order chi connectivity index (χ1) is 13.3. The molecule has 0 saturated carbocycles. The molecule has 3 rings (SSSR count). The highest BCUT2D eigenvalue weighted by molar-refractivity contribution is 5.83. The molecular weight excluding hydrogens is 386 g/mol. The summed E-state index contributed by atoms with van der Waals surface area (Å²) < 4.78 is 9.22. The minimum atomic E-state index is -3.56. The quantitative estimate of drug-likeness (QED) is 0.324. The zero-order valence-electron chi connectivity index (χ0n) is 16.3. The van der Waals surface area contributed by atoms with Crippen molar-refractivity contribution >= 4 is 5.78 Å². The van der Waals surface area contributed by atoms with Crippen LogP contribution in [0.25, 0.3) is 0 Å². The Balaban J connectivity index is 1.95. The van der Waals surface area contributed by atoms with Crippen LogP contribution >= 0.6 is 0 Å². The first-order valence-corrected chi connectivity index (χ1v) is 9.48. The SMILES string of the molecule is CC(C)CC1CN2CCc3cc(OC(O)(O)O)c(OC(O)(O)O)cc3C2CC1=O. The van der Waals surface area contributed by atoms with Crippen LogP contribution < -0.4 is 9.47 Å². The Bertz CT molecular complexity index is 766. The molecule has 2 aliphatic rings. The van der Waals surface area contributed by atoms with Gasteiger partial charge in [0, 0.05) is 31.5 Å². The van der Waals surface area contributed by atoms with Crippen LogP contribution in [-0.4, -0.2) is 66.7 Å². The van der Waals surface area contributed by atoms with E-state index in [0.717, 1.165) is 6.42 Å². The molecule has 0 amide bonds. The van der Waals surface area contributed by atoms with Gasteiger partial charge in [0.15, 0.2) is 11.5 Å². The number of hydrogen-bond acceptors (Lipinski definition) is 10.